The first-order valence-electron chi connectivity index (χ1n) is 4.29. The number of benzene rings is 1. The van der Waals surface area contributed by atoms with Gasteiger partial charge in [-0.3, -0.25) is 4.79 Å². The molecular weight excluding hydrogens is 196 g/mol. The van der Waals surface area contributed by atoms with Crippen molar-refractivity contribution in [3.8, 4) is 0 Å². The normalized spacial score (nSPS) is 11.3. The Balaban J connectivity index is 2.60. The summed E-state index contributed by atoms with van der Waals surface area (Å²) >= 11 is 5.73. The molecule has 0 bridgehead atoms. The summed E-state index contributed by atoms with van der Waals surface area (Å²) in [7, 11) is 0. The molecule has 1 aromatic carbocycles. The molecule has 0 heterocycles. The van der Waals surface area contributed by atoms with Gasteiger partial charge in [-0.15, -0.1) is 0 Å². The number of hydrogen-bond acceptors (Lipinski definition) is 1. The third-order valence-corrected chi connectivity index (χ3v) is 1.85. The topological polar surface area (TPSA) is 17.1 Å². The summed E-state index contributed by atoms with van der Waals surface area (Å²) in [5.74, 6) is 0.0470. The lowest BCUT2D eigenvalue weighted by Crippen LogP contribution is -1.77. The maximum absolute atomic E-state index is 10.6. The van der Waals surface area contributed by atoms with Crippen molar-refractivity contribution < 1.29 is 4.79 Å². The lowest BCUT2D eigenvalue weighted by atomic mass is 10.2. The zero-order valence-corrected chi connectivity index (χ0v) is 8.66. The predicted octanol–water partition coefficient (Wildman–Crippen LogP) is 3.50. The van der Waals surface area contributed by atoms with Gasteiger partial charge in [-0.05, 0) is 30.7 Å². The lowest BCUT2D eigenvalue weighted by Gasteiger charge is -1.91. The van der Waals surface area contributed by atoms with Crippen LogP contribution in [0.3, 0.4) is 0 Å². The van der Waals surface area contributed by atoms with Gasteiger partial charge in [0.1, 0.15) is 0 Å². The van der Waals surface area contributed by atoms with E-state index < -0.39 is 0 Å². The Hall–Kier alpha value is -1.34. The third-order valence-electron chi connectivity index (χ3n) is 1.60. The van der Waals surface area contributed by atoms with Crippen LogP contribution in [0.15, 0.2) is 42.5 Å². The molecule has 0 unspecified atom stereocenters. The predicted molar refractivity (Wildman–Crippen MR) is 60.3 cm³/mol. The molecule has 1 aromatic rings. The second kappa shape index (κ2) is 5.40. The van der Waals surface area contributed by atoms with E-state index in [1.165, 1.54) is 13.0 Å². The number of ketones is 1. The molecule has 0 fully saturated rings. The van der Waals surface area contributed by atoms with E-state index in [0.717, 1.165) is 10.6 Å². The maximum atomic E-state index is 10.6. The molecule has 0 aliphatic rings. The molecule has 0 atom stereocenters. The largest absolute Gasteiger partial charge is 0.295 e. The van der Waals surface area contributed by atoms with E-state index in [0.29, 0.717) is 0 Å². The standard InChI is InChI=1S/C12H11ClO/c1-10(14)4-2-3-5-11-6-8-12(13)9-7-11/h2-9H,1H3/b4-2+,5-3+. The van der Waals surface area contributed by atoms with Crippen molar-refractivity contribution in [2.24, 2.45) is 0 Å². The van der Waals surface area contributed by atoms with E-state index in [1.54, 1.807) is 6.08 Å². The van der Waals surface area contributed by atoms with Crippen LogP contribution in [-0.4, -0.2) is 5.78 Å². The molecule has 0 saturated heterocycles. The third kappa shape index (κ3) is 4.06. The Morgan fingerprint density at radius 3 is 2.43 bits per heavy atom. The van der Waals surface area contributed by atoms with Gasteiger partial charge < -0.3 is 0 Å². The molecule has 0 spiro atoms. The summed E-state index contributed by atoms with van der Waals surface area (Å²) in [6.45, 7) is 1.52. The van der Waals surface area contributed by atoms with Crippen molar-refractivity contribution >= 4 is 23.5 Å². The van der Waals surface area contributed by atoms with Crippen LogP contribution in [0.2, 0.25) is 5.02 Å². The molecule has 2 heteroatoms. The smallest absolute Gasteiger partial charge is 0.152 e. The Labute approximate surface area is 88.7 Å². The van der Waals surface area contributed by atoms with Gasteiger partial charge >= 0.3 is 0 Å². The molecule has 1 nitrogen and oxygen atoms in total. The first-order chi connectivity index (χ1) is 6.68. The molecular formula is C12H11ClO. The fourth-order valence-electron chi connectivity index (χ4n) is 0.932. The van der Waals surface area contributed by atoms with Crippen LogP contribution in [0.4, 0.5) is 0 Å². The van der Waals surface area contributed by atoms with Crippen LogP contribution < -0.4 is 0 Å². The molecule has 0 aromatic heterocycles. The van der Waals surface area contributed by atoms with Gasteiger partial charge in [0.05, 0.1) is 0 Å². The number of allylic oxidation sites excluding steroid dienone is 3. The van der Waals surface area contributed by atoms with Crippen molar-refractivity contribution in [3.63, 3.8) is 0 Å². The highest BCUT2D eigenvalue weighted by molar-refractivity contribution is 6.30. The molecule has 0 aliphatic carbocycles. The first-order valence-corrected chi connectivity index (χ1v) is 4.67. The Kier molecular flexibility index (Phi) is 4.14. The minimum atomic E-state index is 0.0470. The molecule has 0 N–H and O–H groups in total. The molecule has 0 amide bonds. The fourth-order valence-corrected chi connectivity index (χ4v) is 1.06. The highest BCUT2D eigenvalue weighted by Gasteiger charge is 1.86. The number of rotatable bonds is 3. The number of carbonyl (C=O) groups excluding carboxylic acids is 1. The number of carbonyl (C=O) groups is 1. The monoisotopic (exact) mass is 206 g/mol. The minimum Gasteiger partial charge on any atom is -0.295 e. The van der Waals surface area contributed by atoms with Crippen molar-refractivity contribution in [3.05, 3.63) is 53.1 Å². The average Bonchev–Trinajstić information content (AvgIpc) is 2.15. The maximum Gasteiger partial charge on any atom is 0.152 e. The zero-order chi connectivity index (χ0) is 10.4. The van der Waals surface area contributed by atoms with Gasteiger partial charge in [-0.1, -0.05) is 42.0 Å². The Morgan fingerprint density at radius 1 is 1.21 bits per heavy atom. The van der Waals surface area contributed by atoms with Gasteiger partial charge in [0.15, 0.2) is 5.78 Å². The van der Waals surface area contributed by atoms with E-state index in [2.05, 4.69) is 0 Å². The minimum absolute atomic E-state index is 0.0470. The summed E-state index contributed by atoms with van der Waals surface area (Å²) in [6, 6.07) is 7.49. The SMILES string of the molecule is CC(=O)/C=C/C=C/c1ccc(Cl)cc1. The average molecular weight is 207 g/mol. The quantitative estimate of drug-likeness (QED) is 0.547. The molecule has 0 aliphatic heterocycles. The fraction of sp³-hybridized carbons (Fsp3) is 0.0833. The van der Waals surface area contributed by atoms with Crippen molar-refractivity contribution in [1.29, 1.82) is 0 Å². The Bertz CT molecular complexity index is 360. The van der Waals surface area contributed by atoms with Gasteiger partial charge in [0.25, 0.3) is 0 Å². The number of halogens is 1. The van der Waals surface area contributed by atoms with Crippen LogP contribution in [0.1, 0.15) is 12.5 Å². The molecule has 0 saturated carbocycles. The van der Waals surface area contributed by atoms with Crippen molar-refractivity contribution in [2.45, 2.75) is 6.92 Å². The van der Waals surface area contributed by atoms with Gasteiger partial charge in [0, 0.05) is 5.02 Å². The molecule has 14 heavy (non-hydrogen) atoms. The van der Waals surface area contributed by atoms with Crippen LogP contribution in [-0.2, 0) is 4.79 Å². The van der Waals surface area contributed by atoms with Crippen molar-refractivity contribution in [2.75, 3.05) is 0 Å². The molecule has 72 valence electrons. The van der Waals surface area contributed by atoms with E-state index in [1.807, 2.05) is 36.4 Å². The van der Waals surface area contributed by atoms with Crippen LogP contribution in [0.5, 0.6) is 0 Å². The number of hydrogen-bond donors (Lipinski definition) is 0. The highest BCUT2D eigenvalue weighted by Crippen LogP contribution is 2.10. The lowest BCUT2D eigenvalue weighted by molar-refractivity contribution is -0.112. The Morgan fingerprint density at radius 2 is 1.86 bits per heavy atom. The summed E-state index contributed by atoms with van der Waals surface area (Å²) < 4.78 is 0. The van der Waals surface area contributed by atoms with Gasteiger partial charge in [-0.2, -0.15) is 0 Å². The van der Waals surface area contributed by atoms with Crippen LogP contribution >= 0.6 is 11.6 Å². The van der Waals surface area contributed by atoms with Crippen LogP contribution in [0.25, 0.3) is 6.08 Å². The van der Waals surface area contributed by atoms with E-state index in [4.69, 9.17) is 11.6 Å². The second-order valence-corrected chi connectivity index (χ2v) is 3.32. The molecule has 0 radical (unpaired) electrons. The van der Waals surface area contributed by atoms with E-state index in [9.17, 15) is 4.79 Å². The summed E-state index contributed by atoms with van der Waals surface area (Å²) in [5, 5.41) is 0.724. The highest BCUT2D eigenvalue weighted by atomic mass is 35.5. The van der Waals surface area contributed by atoms with Crippen molar-refractivity contribution in [1.82, 2.24) is 0 Å². The van der Waals surface area contributed by atoms with Crippen LogP contribution in [0, 0.1) is 0 Å². The van der Waals surface area contributed by atoms with E-state index in [-0.39, 0.29) is 5.78 Å². The summed E-state index contributed by atoms with van der Waals surface area (Å²) in [5.41, 5.74) is 1.06. The summed E-state index contributed by atoms with van der Waals surface area (Å²) in [6.07, 6.45) is 6.98. The van der Waals surface area contributed by atoms with Gasteiger partial charge in [-0.25, -0.2) is 0 Å². The van der Waals surface area contributed by atoms with Gasteiger partial charge in [0.2, 0.25) is 0 Å². The molecule has 1 rings (SSSR count). The van der Waals surface area contributed by atoms with E-state index >= 15 is 0 Å². The first kappa shape index (κ1) is 10.7. The zero-order valence-electron chi connectivity index (χ0n) is 7.91. The second-order valence-electron chi connectivity index (χ2n) is 2.88. The summed E-state index contributed by atoms with van der Waals surface area (Å²) in [4.78, 5) is 10.6.